The zero-order chi connectivity index (χ0) is 12.3. The lowest BCUT2D eigenvalue weighted by atomic mass is 9.93. The van der Waals surface area contributed by atoms with E-state index < -0.39 is 0 Å². The van der Waals surface area contributed by atoms with Crippen LogP contribution in [0.2, 0.25) is 0 Å². The molecule has 0 spiro atoms. The van der Waals surface area contributed by atoms with E-state index in [2.05, 4.69) is 36.0 Å². The molecule has 1 N–H and O–H groups in total. The summed E-state index contributed by atoms with van der Waals surface area (Å²) in [6, 6.07) is 1.61. The molecule has 0 amide bonds. The van der Waals surface area contributed by atoms with Crippen molar-refractivity contribution in [1.82, 2.24) is 15.1 Å². The summed E-state index contributed by atoms with van der Waals surface area (Å²) in [5, 5.41) is 3.47. The molecular weight excluding hydrogens is 210 g/mol. The summed E-state index contributed by atoms with van der Waals surface area (Å²) >= 11 is 0. The van der Waals surface area contributed by atoms with E-state index in [9.17, 15) is 0 Å². The lowest BCUT2D eigenvalue weighted by Gasteiger charge is -2.46. The van der Waals surface area contributed by atoms with Gasteiger partial charge in [-0.2, -0.15) is 0 Å². The summed E-state index contributed by atoms with van der Waals surface area (Å²) in [4.78, 5) is 5.34. The van der Waals surface area contributed by atoms with Gasteiger partial charge in [0.1, 0.15) is 0 Å². The van der Waals surface area contributed by atoms with Crippen molar-refractivity contribution in [3.8, 4) is 0 Å². The molecule has 0 radical (unpaired) electrons. The number of likely N-dealkylation sites (N-methyl/N-ethyl adjacent to an activating group) is 1. The lowest BCUT2D eigenvalue weighted by molar-refractivity contribution is 0.0307. The zero-order valence-corrected chi connectivity index (χ0v) is 11.8. The average molecular weight is 239 g/mol. The van der Waals surface area contributed by atoms with E-state index in [1.54, 1.807) is 0 Å². The molecule has 17 heavy (non-hydrogen) atoms. The predicted molar refractivity (Wildman–Crippen MR) is 73.3 cm³/mol. The van der Waals surface area contributed by atoms with Crippen LogP contribution in [-0.2, 0) is 0 Å². The lowest BCUT2D eigenvalue weighted by Crippen LogP contribution is -2.57. The van der Waals surface area contributed by atoms with Crippen LogP contribution in [0.3, 0.4) is 0 Å². The molecule has 2 aliphatic heterocycles. The molecule has 3 heteroatoms. The Balaban J connectivity index is 1.91. The van der Waals surface area contributed by atoms with E-state index >= 15 is 0 Å². The van der Waals surface area contributed by atoms with Gasteiger partial charge in [0.15, 0.2) is 0 Å². The molecule has 2 unspecified atom stereocenters. The Morgan fingerprint density at radius 2 is 1.94 bits per heavy atom. The number of rotatable bonds is 3. The molecule has 2 aliphatic rings. The summed E-state index contributed by atoms with van der Waals surface area (Å²) in [5.74, 6) is 0.824. The first-order valence-corrected chi connectivity index (χ1v) is 7.37. The minimum Gasteiger partial charge on any atom is -0.317 e. The summed E-state index contributed by atoms with van der Waals surface area (Å²) in [5.41, 5.74) is 0. The molecule has 3 nitrogen and oxygen atoms in total. The summed E-state index contributed by atoms with van der Waals surface area (Å²) in [6.07, 6.45) is 3.99. The topological polar surface area (TPSA) is 18.5 Å². The third-order valence-electron chi connectivity index (χ3n) is 4.85. The van der Waals surface area contributed by atoms with E-state index in [1.165, 1.54) is 52.0 Å². The third-order valence-corrected chi connectivity index (χ3v) is 4.85. The molecular formula is C14H29N3. The Morgan fingerprint density at radius 3 is 2.59 bits per heavy atom. The van der Waals surface area contributed by atoms with Gasteiger partial charge in [-0.3, -0.25) is 4.90 Å². The fraction of sp³-hybridized carbons (Fsp3) is 1.00. The number of nitrogens with one attached hydrogen (secondary N) is 1. The fourth-order valence-electron chi connectivity index (χ4n) is 3.31. The highest BCUT2D eigenvalue weighted by atomic mass is 15.3. The van der Waals surface area contributed by atoms with Crippen molar-refractivity contribution in [3.63, 3.8) is 0 Å². The van der Waals surface area contributed by atoms with Crippen LogP contribution in [-0.4, -0.2) is 61.7 Å². The first-order valence-electron chi connectivity index (χ1n) is 7.37. The normalized spacial score (nSPS) is 31.6. The Labute approximate surface area is 107 Å². The first kappa shape index (κ1) is 13.3. The monoisotopic (exact) mass is 239 g/mol. The minimum atomic E-state index is 0.767. The van der Waals surface area contributed by atoms with Gasteiger partial charge in [0.05, 0.1) is 0 Å². The van der Waals surface area contributed by atoms with Crippen molar-refractivity contribution in [2.75, 3.05) is 39.8 Å². The number of hydrogen-bond acceptors (Lipinski definition) is 3. The zero-order valence-electron chi connectivity index (χ0n) is 11.8. The number of piperazine rings is 1. The maximum absolute atomic E-state index is 3.47. The van der Waals surface area contributed by atoms with Gasteiger partial charge in [0, 0.05) is 31.7 Å². The van der Waals surface area contributed by atoms with Gasteiger partial charge in [-0.15, -0.1) is 0 Å². The van der Waals surface area contributed by atoms with E-state index in [0.29, 0.717) is 0 Å². The van der Waals surface area contributed by atoms with Gasteiger partial charge >= 0.3 is 0 Å². The smallest absolute Gasteiger partial charge is 0.0246 e. The highest BCUT2D eigenvalue weighted by molar-refractivity contribution is 4.88. The average Bonchev–Trinajstić information content (AvgIpc) is 2.39. The first-order chi connectivity index (χ1) is 8.22. The maximum Gasteiger partial charge on any atom is 0.0246 e. The third kappa shape index (κ3) is 3.21. The highest BCUT2D eigenvalue weighted by Gasteiger charge is 2.31. The molecule has 0 aliphatic carbocycles. The molecule has 0 aromatic rings. The van der Waals surface area contributed by atoms with Crippen LogP contribution in [0.4, 0.5) is 0 Å². The van der Waals surface area contributed by atoms with Gasteiger partial charge < -0.3 is 10.2 Å². The molecule has 2 atom stereocenters. The van der Waals surface area contributed by atoms with E-state index in [4.69, 9.17) is 0 Å². The standard InChI is InChI=1S/C14H29N3/c1-4-12(2)14-11-17(10-9-16(14)3)13-5-7-15-8-6-13/h12-15H,4-11H2,1-3H3. The number of hydrogen-bond donors (Lipinski definition) is 1. The van der Waals surface area contributed by atoms with Crippen molar-refractivity contribution in [1.29, 1.82) is 0 Å². The Morgan fingerprint density at radius 1 is 1.24 bits per heavy atom. The van der Waals surface area contributed by atoms with Crippen LogP contribution >= 0.6 is 0 Å². The van der Waals surface area contributed by atoms with Crippen molar-refractivity contribution < 1.29 is 0 Å². The highest BCUT2D eigenvalue weighted by Crippen LogP contribution is 2.22. The quantitative estimate of drug-likeness (QED) is 0.803. The molecule has 0 saturated carbocycles. The van der Waals surface area contributed by atoms with E-state index in [0.717, 1.165) is 18.0 Å². The summed E-state index contributed by atoms with van der Waals surface area (Å²) in [7, 11) is 2.30. The maximum atomic E-state index is 3.47. The molecule has 0 aromatic heterocycles. The summed E-state index contributed by atoms with van der Waals surface area (Å²) in [6.45, 7) is 11.0. The van der Waals surface area contributed by atoms with Gasteiger partial charge in [-0.05, 0) is 38.9 Å². The van der Waals surface area contributed by atoms with Crippen LogP contribution in [0.25, 0.3) is 0 Å². The van der Waals surface area contributed by atoms with Crippen molar-refractivity contribution in [3.05, 3.63) is 0 Å². The molecule has 100 valence electrons. The van der Waals surface area contributed by atoms with Crippen molar-refractivity contribution in [2.45, 2.75) is 45.2 Å². The second-order valence-electron chi connectivity index (χ2n) is 5.91. The molecule has 2 rings (SSSR count). The van der Waals surface area contributed by atoms with Crippen molar-refractivity contribution in [2.24, 2.45) is 5.92 Å². The second kappa shape index (κ2) is 6.17. The van der Waals surface area contributed by atoms with Gasteiger partial charge in [0.25, 0.3) is 0 Å². The SMILES string of the molecule is CCC(C)C1CN(C2CCNCC2)CCN1C. The van der Waals surface area contributed by atoms with Crippen LogP contribution in [0, 0.1) is 5.92 Å². The Bertz CT molecular complexity index is 222. The van der Waals surface area contributed by atoms with Gasteiger partial charge in [0.2, 0.25) is 0 Å². The molecule has 0 aromatic carbocycles. The van der Waals surface area contributed by atoms with E-state index in [1.807, 2.05) is 0 Å². The van der Waals surface area contributed by atoms with Crippen LogP contribution in [0.1, 0.15) is 33.1 Å². The van der Waals surface area contributed by atoms with Crippen LogP contribution in [0.5, 0.6) is 0 Å². The summed E-state index contributed by atoms with van der Waals surface area (Å²) < 4.78 is 0. The largest absolute Gasteiger partial charge is 0.317 e. The van der Waals surface area contributed by atoms with Gasteiger partial charge in [-0.25, -0.2) is 0 Å². The van der Waals surface area contributed by atoms with E-state index in [-0.39, 0.29) is 0 Å². The Hall–Kier alpha value is -0.120. The predicted octanol–water partition coefficient (Wildman–Crippen LogP) is 1.40. The van der Waals surface area contributed by atoms with Crippen molar-refractivity contribution >= 4 is 0 Å². The minimum absolute atomic E-state index is 0.767. The van der Waals surface area contributed by atoms with Gasteiger partial charge in [-0.1, -0.05) is 20.3 Å². The molecule has 2 fully saturated rings. The molecule has 2 heterocycles. The van der Waals surface area contributed by atoms with Crippen LogP contribution in [0.15, 0.2) is 0 Å². The number of nitrogens with zero attached hydrogens (tertiary/aromatic N) is 2. The molecule has 2 saturated heterocycles. The fourth-order valence-corrected chi connectivity index (χ4v) is 3.31. The Kier molecular flexibility index (Phi) is 4.83. The second-order valence-corrected chi connectivity index (χ2v) is 5.91. The molecule has 0 bridgehead atoms. The van der Waals surface area contributed by atoms with Crippen LogP contribution < -0.4 is 5.32 Å². The number of piperidine rings is 1.